The van der Waals surface area contributed by atoms with Gasteiger partial charge < -0.3 is 9.80 Å². The predicted molar refractivity (Wildman–Crippen MR) is 314 cm³/mol. The molecule has 0 aromatic heterocycles. The first-order chi connectivity index (χ1) is 33.9. The van der Waals surface area contributed by atoms with Gasteiger partial charge in [0.15, 0.2) is 0 Å². The van der Waals surface area contributed by atoms with Crippen molar-refractivity contribution in [3.8, 4) is 22.3 Å². The van der Waals surface area contributed by atoms with Gasteiger partial charge in [-0.15, -0.1) is 0 Å². The molecular formula is C68H74N2Si. The van der Waals surface area contributed by atoms with Crippen LogP contribution in [0.3, 0.4) is 0 Å². The van der Waals surface area contributed by atoms with Crippen molar-refractivity contribution in [3.05, 3.63) is 210 Å². The van der Waals surface area contributed by atoms with E-state index in [0.717, 1.165) is 12.1 Å². The summed E-state index contributed by atoms with van der Waals surface area (Å²) in [5, 5.41) is 3.09. The van der Waals surface area contributed by atoms with Crippen LogP contribution in [-0.4, -0.2) is 8.07 Å². The van der Waals surface area contributed by atoms with Gasteiger partial charge in [0, 0.05) is 11.4 Å². The quantitative estimate of drug-likeness (QED) is 0.126. The van der Waals surface area contributed by atoms with E-state index in [1.807, 2.05) is 0 Å². The molecule has 0 unspecified atom stereocenters. The average Bonchev–Trinajstić information content (AvgIpc) is 3.44. The first-order valence-electron chi connectivity index (χ1n) is 26.0. The van der Waals surface area contributed by atoms with E-state index in [2.05, 4.69) is 254 Å². The standard InChI is InChI=1S/C68H74N2Si/c1-17-71(18-2)63-23-19-21-57(55-25-29-61(45(7)39-55)69(65-47(9)31-41(3)32-48(65)10)66-49(11)33-42(4)34-50(66)12)59(63)27-28-60-58(22-20-24-64(60)71)56-26-30-62(46(8)40-56)70(67-51(13)35-43(5)36-52(67)14)68-53(15)37-44(6)38-54(68)16/h19-40H,17-18H2,1-16H3. The van der Waals surface area contributed by atoms with E-state index >= 15 is 0 Å². The van der Waals surface area contributed by atoms with Crippen molar-refractivity contribution < 1.29 is 0 Å². The molecule has 0 atom stereocenters. The number of anilines is 6. The second-order valence-corrected chi connectivity index (χ2v) is 26.0. The second-order valence-electron chi connectivity index (χ2n) is 21.3. The Hall–Kier alpha value is -6.68. The summed E-state index contributed by atoms with van der Waals surface area (Å²) in [6, 6.07) is 49.7. The lowest BCUT2D eigenvalue weighted by molar-refractivity contribution is 1.15. The van der Waals surface area contributed by atoms with Crippen LogP contribution in [0, 0.1) is 96.9 Å². The van der Waals surface area contributed by atoms with Gasteiger partial charge in [0.2, 0.25) is 0 Å². The average molecular weight is 947 g/mol. The molecule has 1 aliphatic heterocycles. The number of hydrogen-bond acceptors (Lipinski definition) is 2. The molecule has 0 aliphatic carbocycles. The van der Waals surface area contributed by atoms with Gasteiger partial charge in [-0.25, -0.2) is 0 Å². The minimum absolute atomic E-state index is 1.13. The SMILES string of the molecule is CC[Si]1(CC)c2cccc(-c3ccc(N(c4c(C)cc(C)cc4C)c4c(C)cc(C)cc4C)c(C)c3)c2C=Cc2c(-c3ccc(N(c4c(C)cc(C)cc4C)c4c(C)cc(C)cc4C)c(C)c3)cccc21. The Kier molecular flexibility index (Phi) is 13.3. The predicted octanol–water partition coefficient (Wildman–Crippen LogP) is 18.4. The van der Waals surface area contributed by atoms with E-state index in [-0.39, 0.29) is 0 Å². The van der Waals surface area contributed by atoms with E-state index in [1.54, 1.807) is 10.4 Å². The van der Waals surface area contributed by atoms with E-state index in [1.165, 1.54) is 145 Å². The van der Waals surface area contributed by atoms with E-state index in [9.17, 15) is 0 Å². The van der Waals surface area contributed by atoms with Crippen LogP contribution in [0.2, 0.25) is 12.1 Å². The third-order valence-corrected chi connectivity index (χ3v) is 21.1. The molecule has 2 nitrogen and oxygen atoms in total. The Morgan fingerprint density at radius 1 is 0.324 bits per heavy atom. The monoisotopic (exact) mass is 947 g/mol. The van der Waals surface area contributed by atoms with Crippen molar-refractivity contribution in [2.24, 2.45) is 0 Å². The molecule has 8 aromatic rings. The Morgan fingerprint density at radius 2 is 0.606 bits per heavy atom. The van der Waals surface area contributed by atoms with Gasteiger partial charge in [0.25, 0.3) is 0 Å². The molecule has 0 spiro atoms. The summed E-state index contributed by atoms with van der Waals surface area (Å²) in [5.41, 5.74) is 33.4. The first-order valence-corrected chi connectivity index (χ1v) is 28.4. The minimum atomic E-state index is -2.26. The van der Waals surface area contributed by atoms with Crippen LogP contribution < -0.4 is 20.2 Å². The largest absolute Gasteiger partial charge is 0.309 e. The maximum Gasteiger partial charge on any atom is 0.119 e. The summed E-state index contributed by atoms with van der Waals surface area (Å²) >= 11 is 0. The van der Waals surface area contributed by atoms with Crippen LogP contribution >= 0.6 is 0 Å². The van der Waals surface area contributed by atoms with Gasteiger partial charge in [0.05, 0.1) is 22.7 Å². The number of aryl methyl sites for hydroxylation is 14. The van der Waals surface area contributed by atoms with Crippen molar-refractivity contribution in [1.82, 2.24) is 0 Å². The fraction of sp³-hybridized carbons (Fsp3) is 0.265. The molecule has 0 amide bonds. The molecule has 8 aromatic carbocycles. The Balaban J connectivity index is 1.17. The zero-order valence-electron chi connectivity index (χ0n) is 45.5. The van der Waals surface area contributed by atoms with Crippen LogP contribution in [0.4, 0.5) is 34.1 Å². The van der Waals surface area contributed by atoms with Gasteiger partial charge in [0.1, 0.15) is 8.07 Å². The molecule has 3 heteroatoms. The number of hydrogen-bond donors (Lipinski definition) is 0. The summed E-state index contributed by atoms with van der Waals surface area (Å²) in [5.74, 6) is 0. The van der Waals surface area contributed by atoms with E-state index in [4.69, 9.17) is 0 Å². The van der Waals surface area contributed by atoms with Gasteiger partial charge in [-0.1, -0.05) is 157 Å². The molecule has 360 valence electrons. The van der Waals surface area contributed by atoms with Gasteiger partial charge in [-0.3, -0.25) is 0 Å². The molecular weight excluding hydrogens is 873 g/mol. The normalized spacial score (nSPS) is 12.7. The molecule has 0 saturated heterocycles. The maximum atomic E-state index is 2.55. The number of fused-ring (bicyclic) bond motifs is 2. The van der Waals surface area contributed by atoms with Crippen molar-refractivity contribution in [2.75, 3.05) is 9.80 Å². The molecule has 0 radical (unpaired) electrons. The Bertz CT molecular complexity index is 3020. The maximum absolute atomic E-state index is 2.55. The summed E-state index contributed by atoms with van der Waals surface area (Å²) < 4.78 is 0. The fourth-order valence-electron chi connectivity index (χ4n) is 13.1. The second kappa shape index (κ2) is 19.1. The molecule has 1 heterocycles. The molecule has 0 bridgehead atoms. The van der Waals surface area contributed by atoms with Gasteiger partial charge in [-0.2, -0.15) is 0 Å². The third kappa shape index (κ3) is 8.61. The van der Waals surface area contributed by atoms with Crippen LogP contribution in [0.5, 0.6) is 0 Å². The molecule has 1 aliphatic rings. The first kappa shape index (κ1) is 49.3. The third-order valence-electron chi connectivity index (χ3n) is 15.8. The Labute approximate surface area is 427 Å². The van der Waals surface area contributed by atoms with Gasteiger partial charge in [-0.05, 0) is 221 Å². The summed E-state index contributed by atoms with van der Waals surface area (Å²) in [6.45, 7) is 36.5. The van der Waals surface area contributed by atoms with Crippen LogP contribution in [0.15, 0.2) is 121 Å². The highest BCUT2D eigenvalue weighted by atomic mass is 28.3. The number of nitrogens with zero attached hydrogens (tertiary/aromatic N) is 2. The highest BCUT2D eigenvalue weighted by Crippen LogP contribution is 2.47. The van der Waals surface area contributed by atoms with Crippen molar-refractivity contribution >= 4 is 64.7 Å². The fourth-order valence-corrected chi connectivity index (χ4v) is 17.7. The lowest BCUT2D eigenvalue weighted by Crippen LogP contribution is -2.58. The zero-order chi connectivity index (χ0) is 50.8. The Morgan fingerprint density at radius 3 is 0.859 bits per heavy atom. The van der Waals surface area contributed by atoms with Gasteiger partial charge >= 0.3 is 0 Å². The molecule has 71 heavy (non-hydrogen) atoms. The molecule has 0 fully saturated rings. The molecule has 9 rings (SSSR count). The summed E-state index contributed by atoms with van der Waals surface area (Å²) in [6.07, 6.45) is 4.94. The summed E-state index contributed by atoms with van der Waals surface area (Å²) in [4.78, 5) is 5.09. The summed E-state index contributed by atoms with van der Waals surface area (Å²) in [7, 11) is -2.26. The highest BCUT2D eigenvalue weighted by molar-refractivity contribution is 7.03. The van der Waals surface area contributed by atoms with Crippen LogP contribution in [-0.2, 0) is 0 Å². The van der Waals surface area contributed by atoms with Crippen LogP contribution in [0.25, 0.3) is 34.4 Å². The van der Waals surface area contributed by atoms with E-state index < -0.39 is 8.07 Å². The lowest BCUT2D eigenvalue weighted by atomic mass is 9.93. The van der Waals surface area contributed by atoms with E-state index in [0.29, 0.717) is 0 Å². The van der Waals surface area contributed by atoms with Crippen LogP contribution in [0.1, 0.15) is 103 Å². The molecule has 0 N–H and O–H groups in total. The highest BCUT2D eigenvalue weighted by Gasteiger charge is 2.39. The van der Waals surface area contributed by atoms with Crippen molar-refractivity contribution in [3.63, 3.8) is 0 Å². The minimum Gasteiger partial charge on any atom is -0.309 e. The van der Waals surface area contributed by atoms with Crippen molar-refractivity contribution in [2.45, 2.75) is 123 Å². The zero-order valence-corrected chi connectivity index (χ0v) is 46.5. The molecule has 0 saturated carbocycles. The lowest BCUT2D eigenvalue weighted by Gasteiger charge is -2.34. The van der Waals surface area contributed by atoms with Crippen molar-refractivity contribution in [1.29, 1.82) is 0 Å². The number of benzene rings is 8. The topological polar surface area (TPSA) is 6.48 Å². The number of rotatable bonds is 10. The smallest absolute Gasteiger partial charge is 0.119 e.